The van der Waals surface area contributed by atoms with Gasteiger partial charge in [0, 0.05) is 18.8 Å². The van der Waals surface area contributed by atoms with Crippen molar-refractivity contribution >= 4 is 17.9 Å². The summed E-state index contributed by atoms with van der Waals surface area (Å²) in [6.45, 7) is 7.39. The molecule has 0 unspecified atom stereocenters. The van der Waals surface area contributed by atoms with Crippen molar-refractivity contribution in [2.45, 2.75) is 154 Å². The van der Waals surface area contributed by atoms with E-state index in [1.54, 1.807) is 0 Å². The highest BCUT2D eigenvalue weighted by molar-refractivity contribution is 5.66. The quantitative estimate of drug-likeness (QED) is 0.0502. The molecule has 0 aliphatic carbocycles. The van der Waals surface area contributed by atoms with E-state index in [2.05, 4.69) is 6.58 Å². The summed E-state index contributed by atoms with van der Waals surface area (Å²) in [6.07, 6.45) is 26.0. The summed E-state index contributed by atoms with van der Waals surface area (Å²) >= 11 is 0. The molecule has 0 rings (SSSR count). The van der Waals surface area contributed by atoms with E-state index in [1.165, 1.54) is 83.5 Å². The standard InChI is InChI=1S/C33H61NO6/c1-2-3-4-5-6-7-8-9-10-11-12-13-14-15-16-20-27-34(28-21-17-24-31(35)36,29-22-18-25-32(37)38)30-23-19-26-33(39)40/h2H,1,3-30H2,(H2-,35,36,37,38,39,40). The van der Waals surface area contributed by atoms with Crippen LogP contribution in [0.3, 0.4) is 0 Å². The number of rotatable bonds is 32. The molecule has 234 valence electrons. The molecule has 0 atom stereocenters. The fraction of sp³-hybridized carbons (Fsp3) is 0.848. The number of nitrogens with zero attached hydrogens (tertiary/aromatic N) is 1. The Morgan fingerprint density at radius 1 is 0.500 bits per heavy atom. The Hall–Kier alpha value is -1.89. The predicted octanol–water partition coefficient (Wildman–Crippen LogP) is 7.27. The zero-order chi connectivity index (χ0) is 29.7. The Kier molecular flexibility index (Phi) is 26.0. The van der Waals surface area contributed by atoms with Gasteiger partial charge in [0.1, 0.15) is 0 Å². The fourth-order valence-corrected chi connectivity index (χ4v) is 5.69. The van der Waals surface area contributed by atoms with E-state index < -0.39 is 17.9 Å². The molecule has 0 aliphatic rings. The summed E-state index contributed by atoms with van der Waals surface area (Å²) in [7, 11) is 0. The second kappa shape index (κ2) is 27.3. The van der Waals surface area contributed by atoms with Gasteiger partial charge < -0.3 is 24.6 Å². The minimum Gasteiger partial charge on any atom is -0.550 e. The van der Waals surface area contributed by atoms with Crippen molar-refractivity contribution in [2.24, 2.45) is 0 Å². The molecule has 0 saturated carbocycles. The number of quaternary nitrogens is 1. The second-order valence-corrected chi connectivity index (χ2v) is 11.8. The number of unbranched alkanes of at least 4 members (excludes halogenated alkanes) is 17. The van der Waals surface area contributed by atoms with Crippen molar-refractivity contribution in [3.05, 3.63) is 12.7 Å². The number of hydrogen-bond acceptors (Lipinski definition) is 4. The van der Waals surface area contributed by atoms with E-state index in [1.807, 2.05) is 6.08 Å². The maximum absolute atomic E-state index is 11.0. The molecular weight excluding hydrogens is 506 g/mol. The number of aliphatic carboxylic acids is 3. The Morgan fingerprint density at radius 2 is 0.800 bits per heavy atom. The molecule has 7 nitrogen and oxygen atoms in total. The molecule has 0 aliphatic heterocycles. The molecule has 0 saturated heterocycles. The number of carboxylic acid groups (broad SMARTS) is 3. The third kappa shape index (κ3) is 26.3. The molecule has 0 bridgehead atoms. The first-order valence-electron chi connectivity index (χ1n) is 16.4. The van der Waals surface area contributed by atoms with E-state index in [0.29, 0.717) is 19.3 Å². The van der Waals surface area contributed by atoms with Gasteiger partial charge in [-0.25, -0.2) is 0 Å². The zero-order valence-electron chi connectivity index (χ0n) is 25.6. The van der Waals surface area contributed by atoms with Crippen molar-refractivity contribution in [3.63, 3.8) is 0 Å². The molecule has 40 heavy (non-hydrogen) atoms. The van der Waals surface area contributed by atoms with Gasteiger partial charge in [0.15, 0.2) is 0 Å². The van der Waals surface area contributed by atoms with Gasteiger partial charge in [-0.1, -0.05) is 76.7 Å². The lowest BCUT2D eigenvalue weighted by Gasteiger charge is -2.39. The van der Waals surface area contributed by atoms with Gasteiger partial charge >= 0.3 is 11.9 Å². The number of carbonyl (C=O) groups excluding carboxylic acids is 1. The Balaban J connectivity index is 4.40. The molecule has 7 heteroatoms. The van der Waals surface area contributed by atoms with Gasteiger partial charge in [-0.05, 0) is 70.6 Å². The lowest BCUT2D eigenvalue weighted by molar-refractivity contribution is -0.929. The van der Waals surface area contributed by atoms with Crippen LogP contribution in [-0.2, 0) is 14.4 Å². The van der Waals surface area contributed by atoms with Crippen LogP contribution in [0.15, 0.2) is 12.7 Å². The molecule has 0 heterocycles. The van der Waals surface area contributed by atoms with Crippen LogP contribution in [0.1, 0.15) is 154 Å². The topological polar surface area (TPSA) is 115 Å². The Labute approximate surface area is 245 Å². The minimum absolute atomic E-state index is 0.0636. The van der Waals surface area contributed by atoms with Crippen LogP contribution < -0.4 is 5.11 Å². The Morgan fingerprint density at radius 3 is 1.12 bits per heavy atom. The number of carboxylic acids is 3. The van der Waals surface area contributed by atoms with Gasteiger partial charge in [-0.15, -0.1) is 6.58 Å². The average molecular weight is 568 g/mol. The number of allylic oxidation sites excluding steroid dienone is 1. The summed E-state index contributed by atoms with van der Waals surface area (Å²) in [5.74, 6) is -2.57. The first-order chi connectivity index (χ1) is 19.3. The summed E-state index contributed by atoms with van der Waals surface area (Å²) < 4.78 is 0.848. The first-order valence-corrected chi connectivity index (χ1v) is 16.4. The minimum atomic E-state index is -1.02. The van der Waals surface area contributed by atoms with Crippen LogP contribution in [0.4, 0.5) is 0 Å². The van der Waals surface area contributed by atoms with Crippen molar-refractivity contribution in [2.75, 3.05) is 26.2 Å². The lowest BCUT2D eigenvalue weighted by atomic mass is 10.0. The number of carbonyl (C=O) groups is 3. The lowest BCUT2D eigenvalue weighted by Crippen LogP contribution is -2.51. The van der Waals surface area contributed by atoms with Gasteiger partial charge in [0.05, 0.1) is 26.2 Å². The van der Waals surface area contributed by atoms with Crippen LogP contribution in [0, 0.1) is 0 Å². The maximum Gasteiger partial charge on any atom is 0.303 e. The maximum atomic E-state index is 11.0. The average Bonchev–Trinajstić information content (AvgIpc) is 2.91. The van der Waals surface area contributed by atoms with Crippen LogP contribution in [-0.4, -0.2) is 58.8 Å². The van der Waals surface area contributed by atoms with E-state index in [0.717, 1.165) is 62.8 Å². The molecule has 2 N–H and O–H groups in total. The highest BCUT2D eigenvalue weighted by Crippen LogP contribution is 2.20. The molecular formula is C33H61NO6. The summed E-state index contributed by atoms with van der Waals surface area (Å²) in [6, 6.07) is 0. The predicted molar refractivity (Wildman–Crippen MR) is 161 cm³/mol. The largest absolute Gasteiger partial charge is 0.550 e. The van der Waals surface area contributed by atoms with Crippen LogP contribution in [0.25, 0.3) is 0 Å². The SMILES string of the molecule is C=CCCCCCCCCCCCCCCCC[N+](CCCCC(=O)[O-])(CCCCC(=O)O)CCCCC(=O)O. The van der Waals surface area contributed by atoms with Gasteiger partial charge in [-0.3, -0.25) is 9.59 Å². The van der Waals surface area contributed by atoms with Gasteiger partial charge in [-0.2, -0.15) is 0 Å². The summed E-state index contributed by atoms with van der Waals surface area (Å²) in [5, 5.41) is 28.9. The van der Waals surface area contributed by atoms with Gasteiger partial charge in [0.25, 0.3) is 0 Å². The van der Waals surface area contributed by atoms with E-state index >= 15 is 0 Å². The summed E-state index contributed by atoms with van der Waals surface area (Å²) in [5.41, 5.74) is 0. The highest BCUT2D eigenvalue weighted by atomic mass is 16.4. The number of hydrogen-bond donors (Lipinski definition) is 2. The van der Waals surface area contributed by atoms with Crippen molar-refractivity contribution in [3.8, 4) is 0 Å². The fourth-order valence-electron chi connectivity index (χ4n) is 5.69. The van der Waals surface area contributed by atoms with Crippen molar-refractivity contribution in [1.82, 2.24) is 0 Å². The van der Waals surface area contributed by atoms with Crippen LogP contribution in [0.2, 0.25) is 0 Å². The molecule has 0 radical (unpaired) electrons. The van der Waals surface area contributed by atoms with Crippen LogP contribution in [0.5, 0.6) is 0 Å². The molecule has 0 aromatic carbocycles. The highest BCUT2D eigenvalue weighted by Gasteiger charge is 2.26. The normalized spacial score (nSPS) is 11.5. The van der Waals surface area contributed by atoms with E-state index in [4.69, 9.17) is 10.2 Å². The molecule has 0 aromatic rings. The van der Waals surface area contributed by atoms with Crippen LogP contribution >= 0.6 is 0 Å². The Bertz CT molecular complexity index is 596. The third-order valence-electron chi connectivity index (χ3n) is 8.10. The van der Waals surface area contributed by atoms with E-state index in [9.17, 15) is 19.5 Å². The third-order valence-corrected chi connectivity index (χ3v) is 8.10. The molecule has 0 amide bonds. The van der Waals surface area contributed by atoms with Crippen molar-refractivity contribution in [1.29, 1.82) is 0 Å². The smallest absolute Gasteiger partial charge is 0.303 e. The zero-order valence-corrected chi connectivity index (χ0v) is 25.6. The molecule has 0 spiro atoms. The van der Waals surface area contributed by atoms with Gasteiger partial charge in [0.2, 0.25) is 0 Å². The molecule has 0 fully saturated rings. The summed E-state index contributed by atoms with van der Waals surface area (Å²) in [4.78, 5) is 32.9. The van der Waals surface area contributed by atoms with E-state index in [-0.39, 0.29) is 19.3 Å². The monoisotopic (exact) mass is 567 g/mol. The second-order valence-electron chi connectivity index (χ2n) is 11.8. The first kappa shape index (κ1) is 38.1. The molecule has 0 aromatic heterocycles. The van der Waals surface area contributed by atoms with Crippen molar-refractivity contribution < 1.29 is 34.2 Å².